The number of sulfonamides is 1. The van der Waals surface area contributed by atoms with Crippen molar-refractivity contribution in [2.24, 2.45) is 0 Å². The van der Waals surface area contributed by atoms with Crippen LogP contribution in [0.3, 0.4) is 0 Å². The second-order valence-electron chi connectivity index (χ2n) is 8.11. The monoisotopic (exact) mass is 451 g/mol. The molecule has 0 aliphatic heterocycles. The highest BCUT2D eigenvalue weighted by Gasteiger charge is 2.15. The van der Waals surface area contributed by atoms with E-state index in [1.807, 2.05) is 6.07 Å². The highest BCUT2D eigenvalue weighted by molar-refractivity contribution is 7.89. The first-order chi connectivity index (χ1) is 15.3. The van der Waals surface area contributed by atoms with Gasteiger partial charge in [0.15, 0.2) is 0 Å². The van der Waals surface area contributed by atoms with Gasteiger partial charge in [-0.25, -0.2) is 17.9 Å². The van der Waals surface area contributed by atoms with E-state index in [0.29, 0.717) is 18.9 Å². The number of carboxylic acids is 1. The number of rotatable bonds is 10. The van der Waals surface area contributed by atoms with Crippen molar-refractivity contribution in [3.8, 4) is 11.1 Å². The molecule has 0 saturated heterocycles. The van der Waals surface area contributed by atoms with Crippen LogP contribution in [0.15, 0.2) is 71.6 Å². The molecule has 2 aliphatic rings. The molecule has 2 N–H and O–H groups in total. The summed E-state index contributed by atoms with van der Waals surface area (Å²) in [5.74, 6) is -0.583. The first kappa shape index (κ1) is 23.7. The van der Waals surface area contributed by atoms with Crippen LogP contribution in [0.25, 0.3) is 17.2 Å². The smallest absolute Gasteiger partial charge is 0.328 e. The van der Waals surface area contributed by atoms with Crippen molar-refractivity contribution in [1.29, 1.82) is 0 Å². The van der Waals surface area contributed by atoms with Crippen molar-refractivity contribution in [2.75, 3.05) is 6.54 Å². The summed E-state index contributed by atoms with van der Waals surface area (Å²) >= 11 is 0. The molecule has 0 spiro atoms. The van der Waals surface area contributed by atoms with E-state index in [9.17, 15) is 13.2 Å². The highest BCUT2D eigenvalue weighted by Crippen LogP contribution is 2.34. The van der Waals surface area contributed by atoms with Gasteiger partial charge in [-0.1, -0.05) is 62.4 Å². The van der Waals surface area contributed by atoms with Crippen LogP contribution >= 0.6 is 0 Å². The second kappa shape index (κ2) is 10.6. The SMILES string of the molecule is CC(C)c1ccc2c(/C=C/C(=O)O)cc(CCCCNS(=O)(=O)c3ccccc3)c-2cc1. The Labute approximate surface area is 190 Å². The first-order valence-electron chi connectivity index (χ1n) is 10.8. The normalized spacial score (nSPS) is 12.1. The molecule has 168 valence electrons. The molecular weight excluding hydrogens is 422 g/mol. The minimum absolute atomic E-state index is 0.269. The summed E-state index contributed by atoms with van der Waals surface area (Å²) in [7, 11) is -3.49. The Hall–Kier alpha value is -2.96. The van der Waals surface area contributed by atoms with Gasteiger partial charge in [-0.3, -0.25) is 0 Å². The molecule has 0 bridgehead atoms. The summed E-state index contributed by atoms with van der Waals surface area (Å²) in [6.45, 7) is 4.65. The van der Waals surface area contributed by atoms with Gasteiger partial charge in [0.2, 0.25) is 10.0 Å². The van der Waals surface area contributed by atoms with Crippen LogP contribution in [0, 0.1) is 0 Å². The molecule has 1 aromatic rings. The number of aryl methyl sites for hydroxylation is 1. The fraction of sp³-hybridized carbons (Fsp3) is 0.269. The summed E-state index contributed by atoms with van der Waals surface area (Å²) in [5, 5.41) is 9.03. The minimum Gasteiger partial charge on any atom is -0.478 e. The van der Waals surface area contributed by atoms with Gasteiger partial charge in [0.05, 0.1) is 4.90 Å². The van der Waals surface area contributed by atoms with Gasteiger partial charge in [0, 0.05) is 12.6 Å². The van der Waals surface area contributed by atoms with Gasteiger partial charge < -0.3 is 5.11 Å². The molecule has 6 heteroatoms. The summed E-state index contributed by atoms with van der Waals surface area (Å²) < 4.78 is 27.3. The minimum atomic E-state index is -3.49. The zero-order chi connectivity index (χ0) is 23.1. The zero-order valence-electron chi connectivity index (χ0n) is 18.4. The Kier molecular flexibility index (Phi) is 7.83. The average Bonchev–Trinajstić information content (AvgIpc) is 2.93. The van der Waals surface area contributed by atoms with E-state index in [-0.39, 0.29) is 4.90 Å². The molecule has 1 aromatic carbocycles. The third kappa shape index (κ3) is 6.05. The van der Waals surface area contributed by atoms with Crippen molar-refractivity contribution >= 4 is 22.1 Å². The molecule has 0 unspecified atom stereocenters. The lowest BCUT2D eigenvalue weighted by molar-refractivity contribution is -0.131. The van der Waals surface area contributed by atoms with E-state index in [1.54, 1.807) is 36.4 Å². The zero-order valence-corrected chi connectivity index (χ0v) is 19.2. The summed E-state index contributed by atoms with van der Waals surface area (Å²) in [5.41, 5.74) is 5.37. The molecule has 0 amide bonds. The quantitative estimate of drug-likeness (QED) is 0.323. The van der Waals surface area contributed by atoms with Crippen LogP contribution in [0.4, 0.5) is 0 Å². The Bertz CT molecular complexity index is 1170. The Morgan fingerprint density at radius 1 is 1.00 bits per heavy atom. The average molecular weight is 452 g/mol. The Morgan fingerprint density at radius 2 is 1.69 bits per heavy atom. The van der Waals surface area contributed by atoms with Crippen molar-refractivity contribution in [2.45, 2.75) is 43.9 Å². The van der Waals surface area contributed by atoms with Crippen molar-refractivity contribution in [3.05, 3.63) is 83.4 Å². The molecule has 0 fully saturated rings. The topological polar surface area (TPSA) is 83.5 Å². The molecular formula is C26H29NO4S. The van der Waals surface area contributed by atoms with Gasteiger partial charge in [-0.05, 0) is 71.2 Å². The third-order valence-corrected chi connectivity index (χ3v) is 6.93. The lowest BCUT2D eigenvalue weighted by atomic mass is 10.0. The van der Waals surface area contributed by atoms with Crippen molar-refractivity contribution < 1.29 is 18.3 Å². The fourth-order valence-corrected chi connectivity index (χ4v) is 4.79. The largest absolute Gasteiger partial charge is 0.478 e. The van der Waals surface area contributed by atoms with E-state index in [1.165, 1.54) is 5.56 Å². The van der Waals surface area contributed by atoms with Crippen molar-refractivity contribution in [1.82, 2.24) is 4.72 Å². The number of unbranched alkanes of at least 4 members (excludes halogenated alkanes) is 1. The van der Waals surface area contributed by atoms with Crippen LogP contribution in [-0.4, -0.2) is 26.0 Å². The van der Waals surface area contributed by atoms with Crippen LogP contribution in [0.2, 0.25) is 0 Å². The molecule has 5 nitrogen and oxygen atoms in total. The van der Waals surface area contributed by atoms with Crippen LogP contribution in [0.5, 0.6) is 0 Å². The van der Waals surface area contributed by atoms with Gasteiger partial charge in [-0.15, -0.1) is 0 Å². The van der Waals surface area contributed by atoms with Gasteiger partial charge in [0.1, 0.15) is 0 Å². The molecule has 32 heavy (non-hydrogen) atoms. The van der Waals surface area contributed by atoms with Crippen molar-refractivity contribution in [3.63, 3.8) is 0 Å². The maximum Gasteiger partial charge on any atom is 0.328 e. The lowest BCUT2D eigenvalue weighted by Gasteiger charge is -2.07. The predicted octanol–water partition coefficient (Wildman–Crippen LogP) is 5.31. The lowest BCUT2D eigenvalue weighted by Crippen LogP contribution is -2.24. The number of benzene rings is 1. The summed E-state index contributed by atoms with van der Waals surface area (Å²) in [6, 6.07) is 18.8. The molecule has 0 saturated carbocycles. The van der Waals surface area contributed by atoms with Crippen LogP contribution < -0.4 is 4.72 Å². The van der Waals surface area contributed by atoms with E-state index >= 15 is 0 Å². The van der Waals surface area contributed by atoms with E-state index < -0.39 is 16.0 Å². The molecule has 0 radical (unpaired) electrons. The number of carboxylic acid groups (broad SMARTS) is 1. The number of fused-ring (bicyclic) bond motifs is 1. The third-order valence-electron chi connectivity index (χ3n) is 5.45. The van der Waals surface area contributed by atoms with E-state index in [4.69, 9.17) is 5.11 Å². The van der Waals surface area contributed by atoms with Gasteiger partial charge in [-0.2, -0.15) is 0 Å². The number of aliphatic carboxylic acids is 1. The Balaban J connectivity index is 1.70. The molecule has 0 aromatic heterocycles. The molecule has 2 aliphatic carbocycles. The highest BCUT2D eigenvalue weighted by atomic mass is 32.2. The van der Waals surface area contributed by atoms with Crippen LogP contribution in [-0.2, 0) is 21.2 Å². The summed E-state index contributed by atoms with van der Waals surface area (Å²) in [6.07, 6.45) is 5.10. The number of carbonyl (C=O) groups is 1. The van der Waals surface area contributed by atoms with Gasteiger partial charge >= 0.3 is 5.97 Å². The second-order valence-corrected chi connectivity index (χ2v) is 9.88. The Morgan fingerprint density at radius 3 is 2.34 bits per heavy atom. The van der Waals surface area contributed by atoms with Crippen LogP contribution in [0.1, 0.15) is 49.3 Å². The standard InChI is InChI=1S/C26H29NO4S/c1-19(2)20-11-14-24-21(18-22(13-16-26(28)29)25(24)15-12-20)8-6-7-17-27-32(30,31)23-9-4-3-5-10-23/h3-5,9-16,18-19,27H,6-8,17H2,1-2H3,(H,28,29)/b16-13+. The van der Waals surface area contributed by atoms with E-state index in [2.05, 4.69) is 42.8 Å². The predicted molar refractivity (Wildman–Crippen MR) is 128 cm³/mol. The summed E-state index contributed by atoms with van der Waals surface area (Å²) in [4.78, 5) is 11.3. The number of hydrogen-bond donors (Lipinski definition) is 2. The fourth-order valence-electron chi connectivity index (χ4n) is 3.69. The molecule has 0 heterocycles. The maximum absolute atomic E-state index is 12.3. The molecule has 3 rings (SSSR count). The number of hydrogen-bond acceptors (Lipinski definition) is 3. The first-order valence-corrected chi connectivity index (χ1v) is 12.3. The number of nitrogens with one attached hydrogen (secondary N) is 1. The molecule has 0 atom stereocenters. The van der Waals surface area contributed by atoms with Gasteiger partial charge in [0.25, 0.3) is 0 Å². The maximum atomic E-state index is 12.3. The van der Waals surface area contributed by atoms with E-state index in [0.717, 1.165) is 41.2 Å².